The predicted octanol–water partition coefficient (Wildman–Crippen LogP) is 3.66. The van der Waals surface area contributed by atoms with Gasteiger partial charge < -0.3 is 14.2 Å². The number of hydrogen-bond donors (Lipinski definition) is 0. The van der Waals surface area contributed by atoms with Gasteiger partial charge in [0.2, 0.25) is 0 Å². The van der Waals surface area contributed by atoms with Gasteiger partial charge in [0.1, 0.15) is 22.7 Å². The molecule has 192 valence electrons. The van der Waals surface area contributed by atoms with Crippen LogP contribution in [0.3, 0.4) is 0 Å². The topological polar surface area (TPSA) is 92.2 Å². The Morgan fingerprint density at radius 1 is 1.17 bits per heavy atom. The highest BCUT2D eigenvalue weighted by Gasteiger charge is 2.35. The summed E-state index contributed by atoms with van der Waals surface area (Å²) < 4.78 is 9.40. The van der Waals surface area contributed by atoms with E-state index in [1.54, 1.807) is 7.05 Å². The summed E-state index contributed by atoms with van der Waals surface area (Å²) >= 11 is 0. The van der Waals surface area contributed by atoms with Crippen LogP contribution in [0.4, 0.5) is 5.82 Å². The van der Waals surface area contributed by atoms with Crippen LogP contribution in [0.2, 0.25) is 0 Å². The summed E-state index contributed by atoms with van der Waals surface area (Å²) in [5.74, 6) is 2.16. The molecule has 36 heavy (non-hydrogen) atoms. The molecule has 1 aliphatic rings. The van der Waals surface area contributed by atoms with Gasteiger partial charge in [-0.2, -0.15) is 10.2 Å². The molecule has 1 aromatic carbocycles. The van der Waals surface area contributed by atoms with Crippen LogP contribution in [0, 0.1) is 11.3 Å². The maximum atomic E-state index is 12.9. The molecule has 0 radical (unpaired) electrons. The minimum atomic E-state index is -0.312. The second-order valence-electron chi connectivity index (χ2n) is 10.0. The van der Waals surface area contributed by atoms with Gasteiger partial charge in [0.15, 0.2) is 5.82 Å². The molecule has 0 bridgehead atoms. The van der Waals surface area contributed by atoms with Crippen molar-refractivity contribution in [2.75, 3.05) is 18.0 Å². The summed E-state index contributed by atoms with van der Waals surface area (Å²) in [4.78, 5) is 26.8. The number of benzene rings is 1. The van der Waals surface area contributed by atoms with Crippen LogP contribution in [-0.4, -0.2) is 55.3 Å². The van der Waals surface area contributed by atoms with Gasteiger partial charge in [0, 0.05) is 44.8 Å². The Bertz CT molecular complexity index is 1340. The van der Waals surface area contributed by atoms with Crippen LogP contribution in [0.5, 0.6) is 5.75 Å². The molecule has 4 rings (SSSR count). The van der Waals surface area contributed by atoms with E-state index >= 15 is 0 Å². The first-order valence-electron chi connectivity index (χ1n) is 12.8. The second-order valence-corrected chi connectivity index (χ2v) is 10.0. The fraction of sp³-hybridized carbons (Fsp3) is 0.556. The van der Waals surface area contributed by atoms with Gasteiger partial charge in [0.05, 0.1) is 18.6 Å². The number of nitriles is 1. The van der Waals surface area contributed by atoms with E-state index in [2.05, 4.69) is 59.8 Å². The lowest BCUT2D eigenvalue weighted by atomic mass is 10.0. The molecule has 1 fully saturated rings. The van der Waals surface area contributed by atoms with Crippen molar-refractivity contribution in [2.45, 2.75) is 78.7 Å². The van der Waals surface area contributed by atoms with E-state index in [0.717, 1.165) is 24.5 Å². The van der Waals surface area contributed by atoms with Crippen LogP contribution in [-0.2, 0) is 20.0 Å². The SMILES string of the molecule is CCn1c(CC#N)nc2c(N3C[C@@H](C)N(C(C)c4cccc(OC(C)C)c4)C[C@@H]3C)nc(=O)n(C)c21. The van der Waals surface area contributed by atoms with Crippen molar-refractivity contribution in [3.8, 4) is 11.8 Å². The normalized spacial score (nSPS) is 19.6. The summed E-state index contributed by atoms with van der Waals surface area (Å²) in [7, 11) is 1.72. The lowest BCUT2D eigenvalue weighted by Gasteiger charge is -2.47. The van der Waals surface area contributed by atoms with Crippen molar-refractivity contribution in [3.63, 3.8) is 0 Å². The Balaban J connectivity index is 1.66. The van der Waals surface area contributed by atoms with Gasteiger partial charge in [-0.15, -0.1) is 0 Å². The molecule has 9 nitrogen and oxygen atoms in total. The number of imidazole rings is 1. The highest BCUT2D eigenvalue weighted by Crippen LogP contribution is 2.33. The minimum Gasteiger partial charge on any atom is -0.491 e. The molecule has 0 N–H and O–H groups in total. The van der Waals surface area contributed by atoms with E-state index in [1.807, 2.05) is 31.4 Å². The highest BCUT2D eigenvalue weighted by atomic mass is 16.5. The number of anilines is 1. The van der Waals surface area contributed by atoms with E-state index in [0.29, 0.717) is 23.7 Å². The van der Waals surface area contributed by atoms with Crippen molar-refractivity contribution >= 4 is 17.0 Å². The molecule has 1 aliphatic heterocycles. The van der Waals surface area contributed by atoms with Crippen molar-refractivity contribution in [1.82, 2.24) is 24.0 Å². The first kappa shape index (κ1) is 25.7. The largest absolute Gasteiger partial charge is 0.491 e. The fourth-order valence-electron chi connectivity index (χ4n) is 5.33. The Hall–Kier alpha value is -3.38. The average molecular weight is 492 g/mol. The number of aryl methyl sites for hydroxylation is 2. The van der Waals surface area contributed by atoms with Crippen molar-refractivity contribution in [2.24, 2.45) is 7.05 Å². The Morgan fingerprint density at radius 3 is 2.58 bits per heavy atom. The molecule has 1 saturated heterocycles. The zero-order valence-electron chi connectivity index (χ0n) is 22.4. The quantitative estimate of drug-likeness (QED) is 0.498. The zero-order valence-corrected chi connectivity index (χ0v) is 22.4. The molecule has 1 unspecified atom stereocenters. The number of ether oxygens (including phenoxy) is 1. The van der Waals surface area contributed by atoms with Crippen molar-refractivity contribution < 1.29 is 4.74 Å². The summed E-state index contributed by atoms with van der Waals surface area (Å²) in [5.41, 5.74) is 2.31. The van der Waals surface area contributed by atoms with Gasteiger partial charge in [-0.1, -0.05) is 12.1 Å². The Morgan fingerprint density at radius 2 is 1.92 bits per heavy atom. The molecule has 3 aromatic rings. The standard InChI is InChI=1S/C27H37N7O2/c1-8-32-23(12-13-28)29-24-25(30-27(35)31(7)26(24)32)34-16-18(4)33(15-19(34)5)20(6)21-10-9-11-22(14-21)36-17(2)3/h9-11,14,17-20H,8,12,15-16H2,1-7H3/t18-,19+,20?/m1/s1. The molecular weight excluding hydrogens is 454 g/mol. The second kappa shape index (κ2) is 10.3. The number of piperazine rings is 1. The average Bonchev–Trinajstić information content (AvgIpc) is 3.20. The molecule has 0 spiro atoms. The first-order valence-corrected chi connectivity index (χ1v) is 12.8. The third kappa shape index (κ3) is 4.70. The molecule has 3 heterocycles. The molecule has 9 heteroatoms. The van der Waals surface area contributed by atoms with E-state index in [9.17, 15) is 10.1 Å². The Labute approximate surface area is 212 Å². The number of hydrogen-bond acceptors (Lipinski definition) is 7. The predicted molar refractivity (Wildman–Crippen MR) is 141 cm³/mol. The number of nitrogens with zero attached hydrogens (tertiary/aromatic N) is 7. The van der Waals surface area contributed by atoms with Crippen LogP contribution < -0.4 is 15.3 Å². The van der Waals surface area contributed by atoms with E-state index < -0.39 is 0 Å². The van der Waals surface area contributed by atoms with Crippen LogP contribution in [0.1, 0.15) is 59.0 Å². The maximum Gasteiger partial charge on any atom is 0.350 e. The smallest absolute Gasteiger partial charge is 0.350 e. The van der Waals surface area contributed by atoms with Crippen molar-refractivity contribution in [1.29, 1.82) is 5.26 Å². The molecule has 2 aromatic heterocycles. The first-order chi connectivity index (χ1) is 17.2. The fourth-order valence-corrected chi connectivity index (χ4v) is 5.33. The van der Waals surface area contributed by atoms with Crippen LogP contribution in [0.15, 0.2) is 29.1 Å². The monoisotopic (exact) mass is 491 g/mol. The zero-order chi connectivity index (χ0) is 26.1. The van der Waals surface area contributed by atoms with Crippen LogP contribution in [0.25, 0.3) is 11.2 Å². The molecule has 0 amide bonds. The summed E-state index contributed by atoms with van der Waals surface area (Å²) in [5, 5.41) is 9.31. The molecular formula is C27H37N7O2. The van der Waals surface area contributed by atoms with Gasteiger partial charge in [-0.05, 0) is 59.2 Å². The number of aromatic nitrogens is 4. The number of rotatable bonds is 7. The van der Waals surface area contributed by atoms with Crippen molar-refractivity contribution in [3.05, 3.63) is 46.1 Å². The van der Waals surface area contributed by atoms with E-state index in [1.165, 1.54) is 10.1 Å². The third-order valence-electron chi connectivity index (χ3n) is 7.11. The van der Waals surface area contributed by atoms with Gasteiger partial charge in [-0.25, -0.2) is 9.78 Å². The highest BCUT2D eigenvalue weighted by molar-refractivity contribution is 5.84. The molecule has 0 aliphatic carbocycles. The third-order valence-corrected chi connectivity index (χ3v) is 7.11. The maximum absolute atomic E-state index is 12.9. The molecule has 3 atom stereocenters. The van der Waals surface area contributed by atoms with Gasteiger partial charge in [-0.3, -0.25) is 9.47 Å². The Kier molecular flexibility index (Phi) is 7.36. The van der Waals surface area contributed by atoms with E-state index in [-0.39, 0.29) is 36.3 Å². The van der Waals surface area contributed by atoms with Gasteiger partial charge in [0.25, 0.3) is 0 Å². The summed E-state index contributed by atoms with van der Waals surface area (Å²) in [6, 6.07) is 11.1. The van der Waals surface area contributed by atoms with E-state index in [4.69, 9.17) is 9.72 Å². The van der Waals surface area contributed by atoms with Crippen LogP contribution >= 0.6 is 0 Å². The minimum absolute atomic E-state index is 0.118. The van der Waals surface area contributed by atoms with Gasteiger partial charge >= 0.3 is 5.69 Å². The lowest BCUT2D eigenvalue weighted by Crippen LogP contribution is -2.57. The summed E-state index contributed by atoms with van der Waals surface area (Å²) in [6.45, 7) is 14.8. The lowest BCUT2D eigenvalue weighted by molar-refractivity contribution is 0.119. The molecule has 0 saturated carbocycles. The summed E-state index contributed by atoms with van der Waals surface area (Å²) in [6.07, 6.45) is 0.318. The number of fused-ring (bicyclic) bond motifs is 1.